The van der Waals surface area contributed by atoms with E-state index in [4.69, 9.17) is 11.6 Å². The molecule has 1 aromatic heterocycles. The number of thiazole rings is 1. The zero-order valence-corrected chi connectivity index (χ0v) is 8.54. The first-order valence-corrected chi connectivity index (χ1v) is 5.99. The smallest absolute Gasteiger partial charge is 0.264 e. The van der Waals surface area contributed by atoms with Gasteiger partial charge in [0.15, 0.2) is 0 Å². The lowest BCUT2D eigenvalue weighted by Gasteiger charge is -1.97. The fraction of sp³-hybridized carbons (Fsp3) is 0.400. The lowest BCUT2D eigenvalue weighted by atomic mass is 10.5. The van der Waals surface area contributed by atoms with Crippen molar-refractivity contribution in [2.45, 2.75) is 6.61 Å². The quantitative estimate of drug-likeness (QED) is 0.730. The summed E-state index contributed by atoms with van der Waals surface area (Å²) < 4.78 is 26.0. The molecule has 1 aromatic rings. The van der Waals surface area contributed by atoms with E-state index in [2.05, 4.69) is 9.17 Å². The molecule has 1 heterocycles. The van der Waals surface area contributed by atoms with Crippen LogP contribution >= 0.6 is 22.9 Å². The van der Waals surface area contributed by atoms with Crippen LogP contribution in [0.3, 0.4) is 0 Å². The largest absolute Gasteiger partial charge is 0.264 e. The van der Waals surface area contributed by atoms with Crippen LogP contribution in [0.15, 0.2) is 5.51 Å². The normalized spacial score (nSPS) is 11.8. The third kappa shape index (κ3) is 3.06. The van der Waals surface area contributed by atoms with Crippen LogP contribution in [0.1, 0.15) is 5.69 Å². The SMILES string of the molecule is CS(=O)(=O)OCc1ncsc1Cl. The van der Waals surface area contributed by atoms with Crippen molar-refractivity contribution in [3.8, 4) is 0 Å². The van der Waals surface area contributed by atoms with Crippen LogP contribution in [0.4, 0.5) is 0 Å². The van der Waals surface area contributed by atoms with E-state index in [1.54, 1.807) is 0 Å². The molecular weight excluding hydrogens is 222 g/mol. The van der Waals surface area contributed by atoms with Crippen LogP contribution in [0.2, 0.25) is 4.34 Å². The lowest BCUT2D eigenvalue weighted by molar-refractivity contribution is 0.308. The highest BCUT2D eigenvalue weighted by atomic mass is 35.5. The highest BCUT2D eigenvalue weighted by Crippen LogP contribution is 2.20. The van der Waals surface area contributed by atoms with Crippen molar-refractivity contribution in [2.24, 2.45) is 0 Å². The van der Waals surface area contributed by atoms with E-state index in [9.17, 15) is 8.42 Å². The van der Waals surface area contributed by atoms with Crippen molar-refractivity contribution in [3.63, 3.8) is 0 Å². The monoisotopic (exact) mass is 227 g/mol. The standard InChI is InChI=1S/C5H6ClNO3S2/c1-12(8,9)10-2-4-5(6)11-3-7-4/h3H,2H2,1H3. The van der Waals surface area contributed by atoms with Crippen LogP contribution < -0.4 is 0 Å². The van der Waals surface area contributed by atoms with E-state index in [1.807, 2.05) is 0 Å². The Morgan fingerprint density at radius 1 is 1.75 bits per heavy atom. The van der Waals surface area contributed by atoms with Gasteiger partial charge in [-0.25, -0.2) is 4.98 Å². The van der Waals surface area contributed by atoms with E-state index >= 15 is 0 Å². The predicted octanol–water partition coefficient (Wildman–Crippen LogP) is 1.27. The topological polar surface area (TPSA) is 56.3 Å². The molecule has 0 amide bonds. The van der Waals surface area contributed by atoms with Gasteiger partial charge in [-0.15, -0.1) is 11.3 Å². The van der Waals surface area contributed by atoms with Crippen LogP contribution in [0.25, 0.3) is 0 Å². The van der Waals surface area contributed by atoms with Gasteiger partial charge in [0.1, 0.15) is 10.9 Å². The molecule has 4 nitrogen and oxygen atoms in total. The van der Waals surface area contributed by atoms with Gasteiger partial charge in [-0.1, -0.05) is 11.6 Å². The molecule has 0 bridgehead atoms. The maximum atomic E-state index is 10.5. The molecule has 0 atom stereocenters. The van der Waals surface area contributed by atoms with Gasteiger partial charge >= 0.3 is 0 Å². The Kier molecular flexibility index (Phi) is 3.05. The Morgan fingerprint density at radius 2 is 2.42 bits per heavy atom. The second-order valence-electron chi connectivity index (χ2n) is 2.04. The van der Waals surface area contributed by atoms with Crippen LogP contribution in [-0.4, -0.2) is 19.7 Å². The molecule has 0 aliphatic rings. The van der Waals surface area contributed by atoms with Crippen molar-refractivity contribution in [3.05, 3.63) is 15.5 Å². The molecule has 1 rings (SSSR count). The third-order valence-corrected chi connectivity index (χ3v) is 2.69. The summed E-state index contributed by atoms with van der Waals surface area (Å²) in [6, 6.07) is 0. The van der Waals surface area contributed by atoms with Crippen molar-refractivity contribution in [1.29, 1.82) is 0 Å². The molecule has 0 fully saturated rings. The molecule has 0 aliphatic heterocycles. The number of rotatable bonds is 3. The molecule has 7 heteroatoms. The summed E-state index contributed by atoms with van der Waals surface area (Å²) in [5.74, 6) is 0. The van der Waals surface area contributed by atoms with Gasteiger partial charge in [0.2, 0.25) is 0 Å². The van der Waals surface area contributed by atoms with Gasteiger partial charge in [-0.3, -0.25) is 4.18 Å². The number of hydrogen-bond acceptors (Lipinski definition) is 5. The molecule has 68 valence electrons. The molecule has 0 aliphatic carbocycles. The van der Waals surface area contributed by atoms with Crippen molar-refractivity contribution < 1.29 is 12.6 Å². The number of nitrogens with zero attached hydrogens (tertiary/aromatic N) is 1. The summed E-state index contributed by atoms with van der Waals surface area (Å²) in [7, 11) is -3.41. The fourth-order valence-corrected chi connectivity index (χ4v) is 1.58. The predicted molar refractivity (Wildman–Crippen MR) is 46.8 cm³/mol. The minimum Gasteiger partial charge on any atom is -0.264 e. The average Bonchev–Trinajstić information content (AvgIpc) is 2.29. The maximum absolute atomic E-state index is 10.5. The van der Waals surface area contributed by atoms with E-state index in [1.165, 1.54) is 16.8 Å². The van der Waals surface area contributed by atoms with Crippen molar-refractivity contribution >= 4 is 33.1 Å². The third-order valence-electron chi connectivity index (χ3n) is 1.00. The minimum absolute atomic E-state index is 0.0961. The van der Waals surface area contributed by atoms with Crippen LogP contribution in [0.5, 0.6) is 0 Å². The van der Waals surface area contributed by atoms with Gasteiger partial charge in [-0.05, 0) is 0 Å². The van der Waals surface area contributed by atoms with Gasteiger partial charge in [0, 0.05) is 0 Å². The molecule has 0 spiro atoms. The first-order valence-electron chi connectivity index (χ1n) is 2.91. The molecule has 0 saturated carbocycles. The first-order chi connectivity index (χ1) is 5.49. The van der Waals surface area contributed by atoms with E-state index < -0.39 is 10.1 Å². The van der Waals surface area contributed by atoms with Crippen molar-refractivity contribution in [1.82, 2.24) is 4.98 Å². The van der Waals surface area contributed by atoms with E-state index in [0.717, 1.165) is 6.26 Å². The summed E-state index contributed by atoms with van der Waals surface area (Å²) in [4.78, 5) is 3.82. The summed E-state index contributed by atoms with van der Waals surface area (Å²) >= 11 is 6.88. The molecule has 12 heavy (non-hydrogen) atoms. The van der Waals surface area contributed by atoms with Gasteiger partial charge in [0.25, 0.3) is 10.1 Å². The molecule has 0 N–H and O–H groups in total. The summed E-state index contributed by atoms with van der Waals surface area (Å²) in [5.41, 5.74) is 1.98. The Labute approximate surface area is 79.3 Å². The fourth-order valence-electron chi connectivity index (χ4n) is 0.512. The van der Waals surface area contributed by atoms with Gasteiger partial charge in [0.05, 0.1) is 17.5 Å². The maximum Gasteiger partial charge on any atom is 0.264 e. The zero-order valence-electron chi connectivity index (χ0n) is 6.15. The lowest BCUT2D eigenvalue weighted by Crippen LogP contribution is -2.02. The average molecular weight is 228 g/mol. The number of aromatic nitrogens is 1. The van der Waals surface area contributed by atoms with Gasteiger partial charge in [-0.2, -0.15) is 8.42 Å². The number of halogens is 1. The second-order valence-corrected chi connectivity index (χ2v) is 5.14. The van der Waals surface area contributed by atoms with Crippen molar-refractivity contribution in [2.75, 3.05) is 6.26 Å². The van der Waals surface area contributed by atoms with E-state index in [-0.39, 0.29) is 6.61 Å². The molecular formula is C5H6ClNO3S2. The highest BCUT2D eigenvalue weighted by Gasteiger charge is 2.07. The Balaban J connectivity index is 2.61. The minimum atomic E-state index is -3.41. The Bertz CT molecular complexity index is 359. The highest BCUT2D eigenvalue weighted by molar-refractivity contribution is 7.85. The molecule has 0 radical (unpaired) electrons. The van der Waals surface area contributed by atoms with Crippen LogP contribution in [0, 0.1) is 0 Å². The summed E-state index contributed by atoms with van der Waals surface area (Å²) in [6.45, 7) is -0.0961. The van der Waals surface area contributed by atoms with Gasteiger partial charge < -0.3 is 0 Å². The summed E-state index contributed by atoms with van der Waals surface area (Å²) in [5, 5.41) is 0. The Hall–Kier alpha value is -0.170. The number of hydrogen-bond donors (Lipinski definition) is 0. The second kappa shape index (κ2) is 3.69. The van der Waals surface area contributed by atoms with Crippen LogP contribution in [-0.2, 0) is 20.9 Å². The molecule has 0 saturated heterocycles. The van der Waals surface area contributed by atoms with E-state index in [0.29, 0.717) is 10.0 Å². The Morgan fingerprint density at radius 3 is 2.83 bits per heavy atom. The molecule has 0 aromatic carbocycles. The molecule has 0 unspecified atom stereocenters. The zero-order chi connectivity index (χ0) is 9.19. The first kappa shape index (κ1) is 9.91. The summed E-state index contributed by atoms with van der Waals surface area (Å²) in [6.07, 6.45) is 0.979.